The molecule has 0 aromatic rings. The molecule has 0 aromatic carbocycles. The van der Waals surface area contributed by atoms with E-state index in [0.29, 0.717) is 5.41 Å². The summed E-state index contributed by atoms with van der Waals surface area (Å²) in [5.74, 6) is 1.32. The number of amides is 1. The van der Waals surface area contributed by atoms with Crippen molar-refractivity contribution < 1.29 is 4.79 Å². The van der Waals surface area contributed by atoms with E-state index in [1.54, 1.807) is 4.90 Å². The van der Waals surface area contributed by atoms with Crippen LogP contribution in [0.5, 0.6) is 0 Å². The standard InChI is InChI=1S/C21H39N5O/c1-22-20(26-16-12-21(17-26)10-5-4-6-11-21)23-13-8-15-25-14-7-9-18(25)19(27)24(2)3/h18H,4-17H2,1-3H3,(H,22,23). The molecule has 1 saturated carbocycles. The maximum atomic E-state index is 12.3. The molecule has 27 heavy (non-hydrogen) atoms. The predicted molar refractivity (Wildman–Crippen MR) is 111 cm³/mol. The predicted octanol–water partition coefficient (Wildman–Crippen LogP) is 2.16. The fourth-order valence-corrected chi connectivity index (χ4v) is 5.31. The molecule has 6 heteroatoms. The third-order valence-electron chi connectivity index (χ3n) is 6.86. The van der Waals surface area contributed by atoms with E-state index in [0.717, 1.165) is 51.4 Å². The molecule has 3 aliphatic rings. The van der Waals surface area contributed by atoms with Crippen molar-refractivity contribution in [3.05, 3.63) is 0 Å². The van der Waals surface area contributed by atoms with E-state index in [1.807, 2.05) is 21.1 Å². The number of aliphatic imine (C=N–C) groups is 1. The quantitative estimate of drug-likeness (QED) is 0.453. The van der Waals surface area contributed by atoms with Gasteiger partial charge in [0.2, 0.25) is 5.91 Å². The van der Waals surface area contributed by atoms with Gasteiger partial charge in [-0.05, 0) is 50.5 Å². The molecular formula is C21H39N5O. The van der Waals surface area contributed by atoms with E-state index in [1.165, 1.54) is 45.1 Å². The Kier molecular flexibility index (Phi) is 7.01. The highest BCUT2D eigenvalue weighted by Crippen LogP contribution is 2.43. The van der Waals surface area contributed by atoms with Gasteiger partial charge in [-0.1, -0.05) is 19.3 Å². The molecule has 2 heterocycles. The van der Waals surface area contributed by atoms with Crippen LogP contribution in [0.25, 0.3) is 0 Å². The zero-order valence-corrected chi connectivity index (χ0v) is 17.7. The van der Waals surface area contributed by atoms with Crippen molar-refractivity contribution in [1.82, 2.24) is 20.0 Å². The second-order valence-electron chi connectivity index (χ2n) is 8.99. The summed E-state index contributed by atoms with van der Waals surface area (Å²) in [5, 5.41) is 3.58. The topological polar surface area (TPSA) is 51.2 Å². The van der Waals surface area contributed by atoms with Crippen molar-refractivity contribution in [3.8, 4) is 0 Å². The lowest BCUT2D eigenvalue weighted by molar-refractivity contribution is -0.133. The van der Waals surface area contributed by atoms with Crippen molar-refractivity contribution in [3.63, 3.8) is 0 Å². The summed E-state index contributed by atoms with van der Waals surface area (Å²) in [4.78, 5) is 23.4. The van der Waals surface area contributed by atoms with Crippen LogP contribution in [0.1, 0.15) is 57.8 Å². The number of guanidine groups is 1. The van der Waals surface area contributed by atoms with Gasteiger partial charge >= 0.3 is 0 Å². The second-order valence-corrected chi connectivity index (χ2v) is 8.99. The molecule has 0 radical (unpaired) electrons. The van der Waals surface area contributed by atoms with Crippen molar-refractivity contribution in [2.75, 3.05) is 53.9 Å². The number of likely N-dealkylation sites (N-methyl/N-ethyl adjacent to an activating group) is 1. The Morgan fingerprint density at radius 3 is 2.63 bits per heavy atom. The first kappa shape index (κ1) is 20.4. The lowest BCUT2D eigenvalue weighted by Crippen LogP contribution is -2.44. The molecule has 2 aliphatic heterocycles. The van der Waals surface area contributed by atoms with E-state index in [2.05, 4.69) is 20.1 Å². The van der Waals surface area contributed by atoms with Crippen LogP contribution in [0.4, 0.5) is 0 Å². The Labute approximate surface area is 165 Å². The van der Waals surface area contributed by atoms with Crippen LogP contribution in [-0.2, 0) is 4.79 Å². The highest BCUT2D eigenvalue weighted by Gasteiger charge is 2.39. The summed E-state index contributed by atoms with van der Waals surface area (Å²) in [6.45, 7) is 5.28. The fraction of sp³-hybridized carbons (Fsp3) is 0.905. The summed E-state index contributed by atoms with van der Waals surface area (Å²) in [6, 6.07) is 0.0871. The van der Waals surface area contributed by atoms with Gasteiger partial charge in [-0.25, -0.2) is 0 Å². The number of nitrogens with zero attached hydrogens (tertiary/aromatic N) is 4. The summed E-state index contributed by atoms with van der Waals surface area (Å²) < 4.78 is 0. The maximum Gasteiger partial charge on any atom is 0.239 e. The van der Waals surface area contributed by atoms with Crippen LogP contribution in [-0.4, -0.2) is 86.5 Å². The zero-order valence-electron chi connectivity index (χ0n) is 17.7. The minimum atomic E-state index is 0.0871. The minimum absolute atomic E-state index is 0.0871. The lowest BCUT2D eigenvalue weighted by atomic mass is 9.73. The van der Waals surface area contributed by atoms with Gasteiger partial charge in [-0.2, -0.15) is 0 Å². The Morgan fingerprint density at radius 2 is 1.93 bits per heavy atom. The average Bonchev–Trinajstić information content (AvgIpc) is 3.29. The molecule has 1 aliphatic carbocycles. The third-order valence-corrected chi connectivity index (χ3v) is 6.86. The zero-order chi connectivity index (χ0) is 19.3. The lowest BCUT2D eigenvalue weighted by Gasteiger charge is -2.33. The van der Waals surface area contributed by atoms with E-state index in [9.17, 15) is 4.79 Å². The number of carbonyl (C=O) groups is 1. The van der Waals surface area contributed by atoms with Crippen LogP contribution < -0.4 is 5.32 Å². The highest BCUT2D eigenvalue weighted by molar-refractivity contribution is 5.81. The molecule has 1 amide bonds. The smallest absolute Gasteiger partial charge is 0.239 e. The molecule has 3 rings (SSSR count). The number of nitrogens with one attached hydrogen (secondary N) is 1. The van der Waals surface area contributed by atoms with Gasteiger partial charge in [-0.3, -0.25) is 14.7 Å². The molecule has 3 fully saturated rings. The van der Waals surface area contributed by atoms with Crippen molar-refractivity contribution in [2.24, 2.45) is 10.4 Å². The van der Waals surface area contributed by atoms with Crippen LogP contribution in [0.3, 0.4) is 0 Å². The van der Waals surface area contributed by atoms with E-state index < -0.39 is 0 Å². The number of rotatable bonds is 5. The molecule has 154 valence electrons. The van der Waals surface area contributed by atoms with Crippen molar-refractivity contribution in [1.29, 1.82) is 0 Å². The first-order chi connectivity index (χ1) is 13.0. The monoisotopic (exact) mass is 377 g/mol. The molecule has 1 atom stereocenters. The minimum Gasteiger partial charge on any atom is -0.356 e. The second kappa shape index (κ2) is 9.26. The average molecular weight is 378 g/mol. The van der Waals surface area contributed by atoms with Crippen LogP contribution in [0.15, 0.2) is 4.99 Å². The normalized spacial score (nSPS) is 26.0. The van der Waals surface area contributed by atoms with Gasteiger partial charge in [0, 0.05) is 47.3 Å². The Bertz CT molecular complexity index is 527. The number of hydrogen-bond acceptors (Lipinski definition) is 3. The largest absolute Gasteiger partial charge is 0.356 e. The Morgan fingerprint density at radius 1 is 1.15 bits per heavy atom. The molecular weight excluding hydrogens is 338 g/mol. The van der Waals surface area contributed by atoms with E-state index >= 15 is 0 Å². The van der Waals surface area contributed by atoms with Gasteiger partial charge in [0.25, 0.3) is 0 Å². The van der Waals surface area contributed by atoms with Gasteiger partial charge in [0.15, 0.2) is 5.96 Å². The number of likely N-dealkylation sites (tertiary alicyclic amines) is 2. The molecule has 6 nitrogen and oxygen atoms in total. The maximum absolute atomic E-state index is 12.3. The molecule has 0 bridgehead atoms. The SMILES string of the molecule is CN=C(NCCCN1CCCC1C(=O)N(C)C)N1CCC2(CCCCC2)C1. The number of hydrogen-bond donors (Lipinski definition) is 1. The number of carbonyl (C=O) groups excluding carboxylic acids is 1. The van der Waals surface area contributed by atoms with Crippen LogP contribution in [0, 0.1) is 5.41 Å². The van der Waals surface area contributed by atoms with Crippen LogP contribution >= 0.6 is 0 Å². The summed E-state index contributed by atoms with van der Waals surface area (Å²) in [6.07, 6.45) is 11.5. The van der Waals surface area contributed by atoms with Crippen molar-refractivity contribution >= 4 is 11.9 Å². The first-order valence-electron chi connectivity index (χ1n) is 11.0. The van der Waals surface area contributed by atoms with Gasteiger partial charge in [0.05, 0.1) is 6.04 Å². The first-order valence-corrected chi connectivity index (χ1v) is 11.0. The molecule has 2 saturated heterocycles. The fourth-order valence-electron chi connectivity index (χ4n) is 5.31. The third kappa shape index (κ3) is 4.95. The summed E-state index contributed by atoms with van der Waals surface area (Å²) in [7, 11) is 5.62. The van der Waals surface area contributed by atoms with Gasteiger partial charge < -0.3 is 15.1 Å². The molecule has 0 aromatic heterocycles. The van der Waals surface area contributed by atoms with Crippen LogP contribution in [0.2, 0.25) is 0 Å². The molecule has 1 N–H and O–H groups in total. The van der Waals surface area contributed by atoms with Gasteiger partial charge in [0.1, 0.15) is 0 Å². The van der Waals surface area contributed by atoms with E-state index in [4.69, 9.17) is 0 Å². The van der Waals surface area contributed by atoms with Gasteiger partial charge in [-0.15, -0.1) is 0 Å². The Balaban J connectivity index is 1.41. The highest BCUT2D eigenvalue weighted by atomic mass is 16.2. The summed E-state index contributed by atoms with van der Waals surface area (Å²) in [5.41, 5.74) is 0.561. The van der Waals surface area contributed by atoms with Crippen molar-refractivity contribution in [2.45, 2.75) is 63.8 Å². The summed E-state index contributed by atoms with van der Waals surface area (Å²) >= 11 is 0. The molecule has 1 spiro atoms. The van der Waals surface area contributed by atoms with E-state index in [-0.39, 0.29) is 11.9 Å². The Hall–Kier alpha value is -1.30. The molecule has 1 unspecified atom stereocenters.